The number of H-pyrrole nitrogens is 1. The molecule has 172 valence electrons. The van der Waals surface area contributed by atoms with Crippen molar-refractivity contribution in [3.05, 3.63) is 18.2 Å². The third-order valence-corrected chi connectivity index (χ3v) is 5.77. The summed E-state index contributed by atoms with van der Waals surface area (Å²) in [6.45, 7) is 1.76. The van der Waals surface area contributed by atoms with Gasteiger partial charge in [0.1, 0.15) is 18.1 Å². The van der Waals surface area contributed by atoms with Crippen molar-refractivity contribution in [2.75, 3.05) is 18.6 Å². The molecule has 1 aliphatic rings. The Morgan fingerprint density at radius 2 is 2.13 bits per heavy atom. The minimum absolute atomic E-state index is 0.273. The van der Waals surface area contributed by atoms with Crippen LogP contribution in [0.3, 0.4) is 0 Å². The molecule has 0 saturated carbocycles. The van der Waals surface area contributed by atoms with E-state index in [1.54, 1.807) is 6.20 Å². The Labute approximate surface area is 184 Å². The van der Waals surface area contributed by atoms with E-state index in [0.29, 0.717) is 31.6 Å². The predicted molar refractivity (Wildman–Crippen MR) is 115 cm³/mol. The second kappa shape index (κ2) is 11.7. The lowest BCUT2D eigenvalue weighted by atomic mass is 10.1. The number of hydrogen-bond donors (Lipinski definition) is 5. The molecule has 31 heavy (non-hydrogen) atoms. The van der Waals surface area contributed by atoms with Gasteiger partial charge in [-0.3, -0.25) is 19.2 Å². The molecule has 0 spiro atoms. The first-order chi connectivity index (χ1) is 14.7. The summed E-state index contributed by atoms with van der Waals surface area (Å²) in [5.74, 6) is -1.91. The second-order valence-corrected chi connectivity index (χ2v) is 8.47. The largest absolute Gasteiger partial charge is 0.480 e. The van der Waals surface area contributed by atoms with E-state index in [0.717, 1.165) is 5.69 Å². The van der Waals surface area contributed by atoms with Gasteiger partial charge in [-0.2, -0.15) is 11.8 Å². The number of hydrogen-bond acceptors (Lipinski definition) is 7. The number of aromatic nitrogens is 2. The zero-order valence-electron chi connectivity index (χ0n) is 17.7. The van der Waals surface area contributed by atoms with E-state index in [2.05, 4.69) is 20.6 Å². The fraction of sp³-hybridized carbons (Fsp3) is 0.632. The lowest BCUT2D eigenvalue weighted by molar-refractivity contribution is -0.142. The molecule has 1 aromatic heterocycles. The number of aliphatic carboxylic acids is 1. The van der Waals surface area contributed by atoms with E-state index in [-0.39, 0.29) is 12.3 Å². The summed E-state index contributed by atoms with van der Waals surface area (Å²) < 4.78 is 0. The van der Waals surface area contributed by atoms with Crippen molar-refractivity contribution < 1.29 is 24.3 Å². The average molecular weight is 455 g/mol. The maximum Gasteiger partial charge on any atom is 0.325 e. The fourth-order valence-electron chi connectivity index (χ4n) is 3.38. The number of nitrogens with two attached hydrogens (primary N) is 1. The Kier molecular flexibility index (Phi) is 9.31. The van der Waals surface area contributed by atoms with Crippen molar-refractivity contribution in [2.24, 2.45) is 5.73 Å². The van der Waals surface area contributed by atoms with Crippen LogP contribution in [0.1, 0.15) is 31.9 Å². The number of carboxylic acid groups (broad SMARTS) is 1. The topological polar surface area (TPSA) is 171 Å². The Morgan fingerprint density at radius 3 is 2.74 bits per heavy atom. The van der Waals surface area contributed by atoms with Crippen molar-refractivity contribution in [2.45, 2.75) is 56.8 Å². The minimum Gasteiger partial charge on any atom is -0.480 e. The normalized spacial score (nSPS) is 18.8. The van der Waals surface area contributed by atoms with Crippen LogP contribution in [0, 0.1) is 0 Å². The summed E-state index contributed by atoms with van der Waals surface area (Å²) in [5.41, 5.74) is 6.78. The number of nitrogens with zero attached hydrogens (tertiary/aromatic N) is 2. The number of likely N-dealkylation sites (tertiary alicyclic amines) is 1. The van der Waals surface area contributed by atoms with E-state index in [1.165, 1.54) is 29.9 Å². The number of carbonyl (C=O) groups is 4. The van der Waals surface area contributed by atoms with Crippen LogP contribution in [0.5, 0.6) is 0 Å². The van der Waals surface area contributed by atoms with E-state index >= 15 is 0 Å². The summed E-state index contributed by atoms with van der Waals surface area (Å²) in [4.78, 5) is 57.6. The molecule has 11 nitrogen and oxygen atoms in total. The monoisotopic (exact) mass is 454 g/mol. The highest BCUT2D eigenvalue weighted by molar-refractivity contribution is 7.98. The van der Waals surface area contributed by atoms with Gasteiger partial charge in [-0.15, -0.1) is 0 Å². The van der Waals surface area contributed by atoms with Crippen LogP contribution in [-0.4, -0.2) is 86.4 Å². The fourth-order valence-corrected chi connectivity index (χ4v) is 3.86. The molecule has 1 saturated heterocycles. The SMILES string of the molecule is CSCCC(NC(=O)C1CCCN1C(=O)C(N)Cc1cnc[nH]1)C(=O)NC(C)C(=O)O. The van der Waals surface area contributed by atoms with Gasteiger partial charge < -0.3 is 31.4 Å². The molecule has 4 atom stereocenters. The van der Waals surface area contributed by atoms with Crippen LogP contribution in [-0.2, 0) is 25.6 Å². The molecule has 2 heterocycles. The molecule has 0 aliphatic carbocycles. The number of aromatic amines is 1. The van der Waals surface area contributed by atoms with Crippen molar-refractivity contribution in [3.8, 4) is 0 Å². The molecule has 2 rings (SSSR count). The van der Waals surface area contributed by atoms with Crippen LogP contribution >= 0.6 is 11.8 Å². The van der Waals surface area contributed by atoms with Crippen molar-refractivity contribution >= 4 is 35.5 Å². The third-order valence-electron chi connectivity index (χ3n) is 5.12. The predicted octanol–water partition coefficient (Wildman–Crippen LogP) is -0.902. The highest BCUT2D eigenvalue weighted by Crippen LogP contribution is 2.19. The number of amides is 3. The minimum atomic E-state index is -1.16. The van der Waals surface area contributed by atoms with Gasteiger partial charge in [0.25, 0.3) is 0 Å². The van der Waals surface area contributed by atoms with E-state index < -0.39 is 42.0 Å². The molecule has 1 aliphatic heterocycles. The Bertz CT molecular complexity index is 774. The summed E-state index contributed by atoms with van der Waals surface area (Å²) in [7, 11) is 0. The van der Waals surface area contributed by atoms with Gasteiger partial charge in [-0.25, -0.2) is 4.98 Å². The number of nitrogens with one attached hydrogen (secondary N) is 3. The molecular weight excluding hydrogens is 424 g/mol. The maximum atomic E-state index is 12.9. The van der Waals surface area contributed by atoms with Gasteiger partial charge in [-0.1, -0.05) is 0 Å². The van der Waals surface area contributed by atoms with Crippen LogP contribution in [0.2, 0.25) is 0 Å². The van der Waals surface area contributed by atoms with Crippen LogP contribution in [0.4, 0.5) is 0 Å². The van der Waals surface area contributed by atoms with Gasteiger partial charge in [0.2, 0.25) is 17.7 Å². The van der Waals surface area contributed by atoms with Crippen LogP contribution in [0.15, 0.2) is 12.5 Å². The van der Waals surface area contributed by atoms with Gasteiger partial charge in [-0.05, 0) is 38.2 Å². The van der Waals surface area contributed by atoms with Crippen LogP contribution in [0.25, 0.3) is 0 Å². The van der Waals surface area contributed by atoms with Crippen LogP contribution < -0.4 is 16.4 Å². The molecule has 6 N–H and O–H groups in total. The quantitative estimate of drug-likeness (QED) is 0.286. The molecule has 3 amide bonds. The zero-order chi connectivity index (χ0) is 23.0. The van der Waals surface area contributed by atoms with Gasteiger partial charge >= 0.3 is 5.97 Å². The first-order valence-electron chi connectivity index (χ1n) is 10.1. The number of thioether (sulfide) groups is 1. The smallest absolute Gasteiger partial charge is 0.325 e. The first kappa shape index (κ1) is 24.7. The summed E-state index contributed by atoms with van der Waals surface area (Å²) >= 11 is 1.51. The number of carboxylic acids is 1. The Morgan fingerprint density at radius 1 is 1.39 bits per heavy atom. The maximum absolute atomic E-state index is 12.9. The van der Waals surface area contributed by atoms with Crippen molar-refractivity contribution in [1.82, 2.24) is 25.5 Å². The number of rotatable bonds is 11. The number of carbonyl (C=O) groups excluding carboxylic acids is 3. The molecule has 4 unspecified atom stereocenters. The van der Waals surface area contributed by atoms with E-state index in [1.807, 2.05) is 6.26 Å². The summed E-state index contributed by atoms with van der Waals surface area (Å²) in [6.07, 6.45) is 6.70. The van der Waals surface area contributed by atoms with E-state index in [9.17, 15) is 19.2 Å². The second-order valence-electron chi connectivity index (χ2n) is 7.49. The number of imidazole rings is 1. The molecule has 12 heteroatoms. The average Bonchev–Trinajstić information content (AvgIpc) is 3.42. The Balaban J connectivity index is 2.02. The highest BCUT2D eigenvalue weighted by Gasteiger charge is 2.37. The highest BCUT2D eigenvalue weighted by atomic mass is 32.2. The van der Waals surface area contributed by atoms with Crippen molar-refractivity contribution in [1.29, 1.82) is 0 Å². The molecule has 1 aromatic rings. The zero-order valence-corrected chi connectivity index (χ0v) is 18.5. The Hall–Kier alpha value is -2.60. The molecule has 0 aromatic carbocycles. The van der Waals surface area contributed by atoms with Crippen molar-refractivity contribution in [3.63, 3.8) is 0 Å². The van der Waals surface area contributed by atoms with Gasteiger partial charge in [0.05, 0.1) is 12.4 Å². The third kappa shape index (κ3) is 6.96. The molecule has 0 radical (unpaired) electrons. The summed E-state index contributed by atoms with van der Waals surface area (Å²) in [5, 5.41) is 14.1. The lowest BCUT2D eigenvalue weighted by Crippen LogP contribution is -2.56. The summed E-state index contributed by atoms with van der Waals surface area (Å²) in [6, 6.07) is -3.51. The van der Waals surface area contributed by atoms with E-state index in [4.69, 9.17) is 10.8 Å². The molecule has 0 bridgehead atoms. The van der Waals surface area contributed by atoms with Gasteiger partial charge in [0, 0.05) is 24.9 Å². The standard InChI is InChI=1S/C19H30N6O5S/c1-11(19(29)30)23-16(26)14(5-7-31-2)24-17(27)15-4-3-6-25(15)18(28)13(20)8-12-9-21-10-22-12/h9-11,13-15H,3-8,20H2,1-2H3,(H,21,22)(H,23,26)(H,24,27)(H,29,30). The first-order valence-corrected chi connectivity index (χ1v) is 11.5. The molecule has 1 fully saturated rings. The lowest BCUT2D eigenvalue weighted by Gasteiger charge is -2.28. The molecular formula is C19H30N6O5S. The van der Waals surface area contributed by atoms with Gasteiger partial charge in [0.15, 0.2) is 0 Å².